The highest BCUT2D eigenvalue weighted by molar-refractivity contribution is 4.62. The first-order chi connectivity index (χ1) is 4.92. The second-order valence-electron chi connectivity index (χ2n) is 4.67. The standard InChI is InChI=1S/C10H21O/c1-9(2)6-7-11-8-10(3,4)5/h7,9H,6,8H2,1-5H3. The van der Waals surface area contributed by atoms with Gasteiger partial charge in [0.05, 0.1) is 13.2 Å². The van der Waals surface area contributed by atoms with Crippen LogP contribution in [0.5, 0.6) is 0 Å². The first kappa shape index (κ1) is 11.0. The van der Waals surface area contributed by atoms with Crippen molar-refractivity contribution >= 4 is 0 Å². The number of ether oxygens (including phenoxy) is 1. The van der Waals surface area contributed by atoms with Crippen LogP contribution in [0.15, 0.2) is 0 Å². The lowest BCUT2D eigenvalue weighted by Gasteiger charge is -2.17. The summed E-state index contributed by atoms with van der Waals surface area (Å²) in [5.74, 6) is 0.704. The lowest BCUT2D eigenvalue weighted by molar-refractivity contribution is 0.110. The van der Waals surface area contributed by atoms with Crippen LogP contribution in [0.3, 0.4) is 0 Å². The fourth-order valence-electron chi connectivity index (χ4n) is 0.569. The molecule has 0 unspecified atom stereocenters. The summed E-state index contributed by atoms with van der Waals surface area (Å²) < 4.78 is 5.38. The van der Waals surface area contributed by atoms with Gasteiger partial charge in [0.15, 0.2) is 0 Å². The Kier molecular flexibility index (Phi) is 4.74. The van der Waals surface area contributed by atoms with Crippen molar-refractivity contribution in [2.75, 3.05) is 6.61 Å². The maximum atomic E-state index is 5.38. The predicted molar refractivity (Wildman–Crippen MR) is 49.2 cm³/mol. The van der Waals surface area contributed by atoms with Crippen LogP contribution >= 0.6 is 0 Å². The summed E-state index contributed by atoms with van der Waals surface area (Å²) in [6.45, 7) is 13.7. The van der Waals surface area contributed by atoms with Crippen LogP contribution in [0.25, 0.3) is 0 Å². The van der Waals surface area contributed by atoms with Gasteiger partial charge in [0.2, 0.25) is 0 Å². The Morgan fingerprint density at radius 2 is 1.82 bits per heavy atom. The average Bonchev–Trinajstić information content (AvgIpc) is 1.78. The Hall–Kier alpha value is -0.0400. The summed E-state index contributed by atoms with van der Waals surface area (Å²) in [7, 11) is 0. The lowest BCUT2D eigenvalue weighted by atomic mass is 9.99. The fourth-order valence-corrected chi connectivity index (χ4v) is 0.569. The molecule has 1 heteroatoms. The molecule has 0 amide bonds. The van der Waals surface area contributed by atoms with Gasteiger partial charge in [-0.1, -0.05) is 34.6 Å². The van der Waals surface area contributed by atoms with Gasteiger partial charge in [-0.2, -0.15) is 0 Å². The van der Waals surface area contributed by atoms with Crippen molar-refractivity contribution in [3.05, 3.63) is 6.61 Å². The minimum Gasteiger partial charge on any atom is -0.375 e. The van der Waals surface area contributed by atoms with Crippen molar-refractivity contribution in [3.63, 3.8) is 0 Å². The molecule has 0 N–H and O–H groups in total. The van der Waals surface area contributed by atoms with Crippen molar-refractivity contribution in [2.24, 2.45) is 11.3 Å². The normalized spacial score (nSPS) is 12.5. The molecule has 0 spiro atoms. The van der Waals surface area contributed by atoms with Crippen molar-refractivity contribution in [3.8, 4) is 0 Å². The molecule has 0 saturated heterocycles. The van der Waals surface area contributed by atoms with Gasteiger partial charge in [0.1, 0.15) is 0 Å². The maximum absolute atomic E-state index is 5.38. The Bertz CT molecular complexity index is 89.5. The molecule has 1 radical (unpaired) electrons. The molecule has 0 aromatic rings. The molecule has 1 nitrogen and oxygen atoms in total. The van der Waals surface area contributed by atoms with Gasteiger partial charge in [0.25, 0.3) is 0 Å². The molecule has 0 fully saturated rings. The molecule has 67 valence electrons. The molecule has 0 saturated carbocycles. The second-order valence-corrected chi connectivity index (χ2v) is 4.67. The van der Waals surface area contributed by atoms with E-state index in [0.717, 1.165) is 13.0 Å². The molecule has 0 bridgehead atoms. The average molecular weight is 157 g/mol. The number of hydrogen-bond donors (Lipinski definition) is 0. The molecule has 0 aliphatic heterocycles. The van der Waals surface area contributed by atoms with Crippen LogP contribution in [0.1, 0.15) is 41.0 Å². The van der Waals surface area contributed by atoms with E-state index in [2.05, 4.69) is 34.6 Å². The van der Waals surface area contributed by atoms with Crippen LogP contribution in [-0.4, -0.2) is 6.61 Å². The Morgan fingerprint density at radius 3 is 2.18 bits per heavy atom. The molecular weight excluding hydrogens is 136 g/mol. The van der Waals surface area contributed by atoms with E-state index >= 15 is 0 Å². The van der Waals surface area contributed by atoms with Crippen LogP contribution in [-0.2, 0) is 4.74 Å². The Balaban J connectivity index is 3.15. The lowest BCUT2D eigenvalue weighted by Crippen LogP contribution is -2.13. The van der Waals surface area contributed by atoms with Crippen molar-refractivity contribution in [1.82, 2.24) is 0 Å². The van der Waals surface area contributed by atoms with Gasteiger partial charge in [-0.15, -0.1) is 0 Å². The predicted octanol–water partition coefficient (Wildman–Crippen LogP) is 3.26. The first-order valence-electron chi connectivity index (χ1n) is 4.35. The van der Waals surface area contributed by atoms with Crippen LogP contribution in [0.4, 0.5) is 0 Å². The zero-order valence-corrected chi connectivity index (χ0v) is 8.48. The van der Waals surface area contributed by atoms with Gasteiger partial charge in [-0.05, 0) is 17.8 Å². The quantitative estimate of drug-likeness (QED) is 0.569. The van der Waals surface area contributed by atoms with Crippen molar-refractivity contribution < 1.29 is 4.74 Å². The van der Waals surface area contributed by atoms with Crippen LogP contribution < -0.4 is 0 Å². The SMILES string of the molecule is CC(C)C[CH]OCC(C)(C)C. The number of rotatable bonds is 4. The smallest absolute Gasteiger partial charge is 0.0839 e. The minimum absolute atomic E-state index is 0.285. The van der Waals surface area contributed by atoms with Gasteiger partial charge in [-0.3, -0.25) is 0 Å². The van der Waals surface area contributed by atoms with E-state index in [1.54, 1.807) is 0 Å². The van der Waals surface area contributed by atoms with E-state index in [1.807, 2.05) is 6.61 Å². The minimum atomic E-state index is 0.285. The van der Waals surface area contributed by atoms with E-state index in [4.69, 9.17) is 4.74 Å². The highest BCUT2D eigenvalue weighted by atomic mass is 16.5. The maximum Gasteiger partial charge on any atom is 0.0839 e. The third-order valence-electron chi connectivity index (χ3n) is 1.20. The van der Waals surface area contributed by atoms with E-state index in [1.165, 1.54) is 0 Å². The highest BCUT2D eigenvalue weighted by Crippen LogP contribution is 2.14. The van der Waals surface area contributed by atoms with Gasteiger partial charge in [0, 0.05) is 0 Å². The third-order valence-corrected chi connectivity index (χ3v) is 1.20. The van der Waals surface area contributed by atoms with E-state index in [-0.39, 0.29) is 5.41 Å². The van der Waals surface area contributed by atoms with Crippen LogP contribution in [0.2, 0.25) is 0 Å². The van der Waals surface area contributed by atoms with Gasteiger partial charge < -0.3 is 4.74 Å². The summed E-state index contributed by atoms with van der Waals surface area (Å²) >= 11 is 0. The summed E-state index contributed by atoms with van der Waals surface area (Å²) in [5.41, 5.74) is 0.285. The fraction of sp³-hybridized carbons (Fsp3) is 0.900. The van der Waals surface area contributed by atoms with E-state index in [9.17, 15) is 0 Å². The molecule has 0 atom stereocenters. The van der Waals surface area contributed by atoms with Crippen LogP contribution in [0, 0.1) is 17.9 Å². The van der Waals surface area contributed by atoms with Gasteiger partial charge in [-0.25, -0.2) is 0 Å². The Morgan fingerprint density at radius 1 is 1.27 bits per heavy atom. The summed E-state index contributed by atoms with van der Waals surface area (Å²) in [4.78, 5) is 0. The van der Waals surface area contributed by atoms with Crippen molar-refractivity contribution in [2.45, 2.75) is 41.0 Å². The molecule has 0 aliphatic carbocycles. The van der Waals surface area contributed by atoms with Crippen molar-refractivity contribution in [1.29, 1.82) is 0 Å². The molecular formula is C10H21O. The highest BCUT2D eigenvalue weighted by Gasteiger charge is 2.09. The molecule has 0 aromatic heterocycles. The van der Waals surface area contributed by atoms with Gasteiger partial charge >= 0.3 is 0 Å². The first-order valence-corrected chi connectivity index (χ1v) is 4.35. The summed E-state index contributed by atoms with van der Waals surface area (Å²) in [5, 5.41) is 0. The monoisotopic (exact) mass is 157 g/mol. The molecule has 11 heavy (non-hydrogen) atoms. The summed E-state index contributed by atoms with van der Waals surface area (Å²) in [6, 6.07) is 0. The Labute approximate surface area is 71.1 Å². The topological polar surface area (TPSA) is 9.23 Å². The largest absolute Gasteiger partial charge is 0.375 e. The van der Waals surface area contributed by atoms with E-state index in [0.29, 0.717) is 5.92 Å². The third kappa shape index (κ3) is 9.96. The molecule has 0 heterocycles. The summed E-state index contributed by atoms with van der Waals surface area (Å²) in [6.07, 6.45) is 1.05. The van der Waals surface area contributed by atoms with E-state index < -0.39 is 0 Å². The number of hydrogen-bond acceptors (Lipinski definition) is 1. The molecule has 0 rings (SSSR count). The molecule has 0 aliphatic rings. The molecule has 0 aromatic carbocycles. The zero-order valence-electron chi connectivity index (χ0n) is 8.48. The second kappa shape index (κ2) is 4.76. The zero-order chi connectivity index (χ0) is 8.91.